The number of nitrogens with one attached hydrogen (secondary N) is 3. The first-order valence-corrected chi connectivity index (χ1v) is 13.9. The number of piperidine rings is 1. The Morgan fingerprint density at radius 2 is 1.77 bits per heavy atom. The molecule has 3 N–H and O–H groups in total. The molecule has 3 aromatic rings. The Morgan fingerprint density at radius 3 is 2.51 bits per heavy atom. The third kappa shape index (κ3) is 5.85. The van der Waals surface area contributed by atoms with Crippen LogP contribution in [0.15, 0.2) is 65.5 Å². The van der Waals surface area contributed by atoms with Crippen LogP contribution < -0.4 is 26.4 Å². The van der Waals surface area contributed by atoms with Gasteiger partial charge in [0.05, 0.1) is 11.4 Å². The molecule has 3 unspecified atom stereocenters. The van der Waals surface area contributed by atoms with Crippen LogP contribution in [-0.4, -0.2) is 35.6 Å². The van der Waals surface area contributed by atoms with Crippen LogP contribution in [0.3, 0.4) is 0 Å². The molecule has 1 saturated heterocycles. The van der Waals surface area contributed by atoms with Crippen molar-refractivity contribution in [3.8, 4) is 0 Å². The summed E-state index contributed by atoms with van der Waals surface area (Å²) in [7, 11) is 0. The summed E-state index contributed by atoms with van der Waals surface area (Å²) < 4.78 is 1.91. The first-order chi connectivity index (χ1) is 18.8. The fourth-order valence-electron chi connectivity index (χ4n) is 5.66. The van der Waals surface area contributed by atoms with Crippen LogP contribution in [0.1, 0.15) is 61.1 Å². The van der Waals surface area contributed by atoms with Crippen molar-refractivity contribution in [3.05, 3.63) is 87.8 Å². The van der Waals surface area contributed by atoms with Gasteiger partial charge in [-0.25, -0.2) is 4.79 Å². The summed E-state index contributed by atoms with van der Waals surface area (Å²) in [4.78, 5) is 40.8. The third-order valence-corrected chi connectivity index (χ3v) is 7.94. The summed E-state index contributed by atoms with van der Waals surface area (Å²) in [5.41, 5.74) is 4.96. The number of urea groups is 1. The maximum atomic E-state index is 13.1. The Balaban J connectivity index is 1.42. The van der Waals surface area contributed by atoms with E-state index in [1.807, 2.05) is 66.9 Å². The van der Waals surface area contributed by atoms with Crippen LogP contribution in [0.5, 0.6) is 0 Å². The molecule has 2 aliphatic rings. The topological polar surface area (TPSA) is 95.5 Å². The Morgan fingerprint density at radius 1 is 0.974 bits per heavy atom. The maximum absolute atomic E-state index is 13.1. The monoisotopic (exact) mass is 527 g/mol. The molecule has 39 heavy (non-hydrogen) atoms. The van der Waals surface area contributed by atoms with E-state index in [9.17, 15) is 14.4 Å². The number of amides is 3. The molecule has 5 rings (SSSR count). The van der Waals surface area contributed by atoms with Gasteiger partial charge in [0.25, 0.3) is 11.5 Å². The lowest BCUT2D eigenvalue weighted by molar-refractivity contribution is 0.0939. The van der Waals surface area contributed by atoms with Gasteiger partial charge in [-0.3, -0.25) is 9.59 Å². The predicted molar refractivity (Wildman–Crippen MR) is 156 cm³/mol. The summed E-state index contributed by atoms with van der Waals surface area (Å²) in [6.07, 6.45) is 2.79. The van der Waals surface area contributed by atoms with Gasteiger partial charge in [0.15, 0.2) is 0 Å². The van der Waals surface area contributed by atoms with Crippen molar-refractivity contribution < 1.29 is 9.59 Å². The van der Waals surface area contributed by atoms with Crippen molar-refractivity contribution in [1.29, 1.82) is 0 Å². The second-order valence-corrected chi connectivity index (χ2v) is 10.7. The number of hydrogen-bond acceptors (Lipinski definition) is 4. The average Bonchev–Trinajstić information content (AvgIpc) is 2.93. The molecule has 2 aromatic carbocycles. The molecule has 0 saturated carbocycles. The fourth-order valence-corrected chi connectivity index (χ4v) is 5.66. The van der Waals surface area contributed by atoms with Crippen LogP contribution in [0.4, 0.5) is 21.9 Å². The number of rotatable bonds is 7. The van der Waals surface area contributed by atoms with Crippen molar-refractivity contribution in [1.82, 2.24) is 9.88 Å². The molecule has 0 aliphatic carbocycles. The molecule has 8 heteroatoms. The van der Waals surface area contributed by atoms with Crippen molar-refractivity contribution in [2.75, 3.05) is 28.6 Å². The van der Waals surface area contributed by atoms with Crippen molar-refractivity contribution in [2.24, 2.45) is 5.92 Å². The highest BCUT2D eigenvalue weighted by Gasteiger charge is 2.35. The molecule has 1 aromatic heterocycles. The number of nitrogens with zero attached hydrogens (tertiary/aromatic N) is 2. The molecule has 2 bridgehead atoms. The van der Waals surface area contributed by atoms with Crippen LogP contribution in [0.25, 0.3) is 0 Å². The van der Waals surface area contributed by atoms with Crippen LogP contribution >= 0.6 is 0 Å². The average molecular weight is 528 g/mol. The zero-order valence-corrected chi connectivity index (χ0v) is 22.9. The van der Waals surface area contributed by atoms with Gasteiger partial charge in [0.1, 0.15) is 0 Å². The Hall–Kier alpha value is -4.07. The van der Waals surface area contributed by atoms with Gasteiger partial charge in [0.2, 0.25) is 0 Å². The molecule has 2 aliphatic heterocycles. The Kier molecular flexibility index (Phi) is 7.72. The van der Waals surface area contributed by atoms with E-state index in [1.165, 1.54) is 5.56 Å². The van der Waals surface area contributed by atoms with E-state index in [2.05, 4.69) is 27.8 Å². The Labute approximate surface area is 229 Å². The van der Waals surface area contributed by atoms with Crippen LogP contribution in [0, 0.1) is 5.92 Å². The van der Waals surface area contributed by atoms with Crippen molar-refractivity contribution in [3.63, 3.8) is 0 Å². The summed E-state index contributed by atoms with van der Waals surface area (Å²) in [6.45, 7) is 8.27. The van der Waals surface area contributed by atoms with E-state index in [1.54, 1.807) is 12.1 Å². The molecular formula is C31H37N5O3. The minimum absolute atomic E-state index is 0.0490. The molecule has 0 radical (unpaired) electrons. The molecule has 3 atom stereocenters. The van der Waals surface area contributed by atoms with E-state index in [0.717, 1.165) is 43.7 Å². The summed E-state index contributed by atoms with van der Waals surface area (Å²) >= 11 is 0. The van der Waals surface area contributed by atoms with Gasteiger partial charge in [0, 0.05) is 54.6 Å². The largest absolute Gasteiger partial charge is 0.369 e. The fraction of sp³-hybridized carbons (Fsp3) is 0.387. The first-order valence-electron chi connectivity index (χ1n) is 13.9. The lowest BCUT2D eigenvalue weighted by atomic mass is 9.83. The van der Waals surface area contributed by atoms with Gasteiger partial charge in [-0.1, -0.05) is 32.0 Å². The zero-order valence-electron chi connectivity index (χ0n) is 22.9. The minimum atomic E-state index is -0.367. The zero-order chi connectivity index (χ0) is 27.5. The molecule has 204 valence electrons. The number of carbonyl (C=O) groups excluding carboxylic acids is 2. The normalized spacial score (nSPS) is 18.6. The number of anilines is 3. The van der Waals surface area contributed by atoms with Gasteiger partial charge < -0.3 is 25.4 Å². The predicted octanol–water partition coefficient (Wildman–Crippen LogP) is 5.21. The minimum Gasteiger partial charge on any atom is -0.369 e. The number of benzene rings is 2. The quantitative estimate of drug-likeness (QED) is 0.393. The van der Waals surface area contributed by atoms with E-state index in [4.69, 9.17) is 0 Å². The SMILES string of the molecule is CCc1ccc(NC(=O)Nc2cc(C(=O)NC(C)CC)ccc2N2CC3CC(C2)c2cccc(=O)n2C3)cc1. The summed E-state index contributed by atoms with van der Waals surface area (Å²) in [5, 5.41) is 8.94. The van der Waals surface area contributed by atoms with E-state index < -0.39 is 0 Å². The van der Waals surface area contributed by atoms with Crippen molar-refractivity contribution in [2.45, 2.75) is 58.5 Å². The highest BCUT2D eigenvalue weighted by Crippen LogP contribution is 2.39. The molecule has 8 nitrogen and oxygen atoms in total. The molecule has 3 heterocycles. The number of pyridine rings is 1. The standard InChI is InChI=1S/C31H37N5O3/c1-4-20(3)32-30(38)23-11-14-28(26(16-23)34-31(39)33-25-12-9-21(5-2)10-13-25)35-17-22-15-24(19-35)27-7-6-8-29(37)36(27)18-22/h6-14,16,20,22,24H,4-5,15,17-19H2,1-3H3,(H,32,38)(H2,33,34,39). The van der Waals surface area contributed by atoms with Crippen molar-refractivity contribution >= 4 is 29.0 Å². The number of carbonyl (C=O) groups is 2. The molecule has 0 spiro atoms. The Bertz CT molecular complexity index is 1410. The van der Waals surface area contributed by atoms with E-state index in [0.29, 0.717) is 29.4 Å². The second kappa shape index (κ2) is 11.4. The maximum Gasteiger partial charge on any atom is 0.323 e. The second-order valence-electron chi connectivity index (χ2n) is 10.7. The van der Waals surface area contributed by atoms with Gasteiger partial charge >= 0.3 is 6.03 Å². The number of hydrogen-bond donors (Lipinski definition) is 3. The highest BCUT2D eigenvalue weighted by atomic mass is 16.2. The molecule has 1 fully saturated rings. The van der Waals surface area contributed by atoms with Gasteiger partial charge in [-0.05, 0) is 74.1 Å². The lowest BCUT2D eigenvalue weighted by Gasteiger charge is -2.44. The van der Waals surface area contributed by atoms with E-state index >= 15 is 0 Å². The van der Waals surface area contributed by atoms with Gasteiger partial charge in [-0.2, -0.15) is 0 Å². The molecule has 3 amide bonds. The molecular weight excluding hydrogens is 490 g/mol. The lowest BCUT2D eigenvalue weighted by Crippen LogP contribution is -2.47. The third-order valence-electron chi connectivity index (χ3n) is 7.94. The van der Waals surface area contributed by atoms with Gasteiger partial charge in [-0.15, -0.1) is 0 Å². The number of fused-ring (bicyclic) bond motifs is 4. The number of aromatic nitrogens is 1. The van der Waals surface area contributed by atoms with Crippen LogP contribution in [0.2, 0.25) is 0 Å². The smallest absolute Gasteiger partial charge is 0.323 e. The van der Waals surface area contributed by atoms with Crippen LogP contribution in [-0.2, 0) is 13.0 Å². The summed E-state index contributed by atoms with van der Waals surface area (Å²) in [6, 6.07) is 18.5. The summed E-state index contributed by atoms with van der Waals surface area (Å²) in [5.74, 6) is 0.375. The highest BCUT2D eigenvalue weighted by molar-refractivity contribution is 6.04. The van der Waals surface area contributed by atoms with E-state index in [-0.39, 0.29) is 29.5 Å². The number of aryl methyl sites for hydroxylation is 1. The first kappa shape index (κ1) is 26.5.